The number of nitrogens with zero attached hydrogens (tertiary/aromatic N) is 4. The Morgan fingerprint density at radius 1 is 1.39 bits per heavy atom. The highest BCUT2D eigenvalue weighted by molar-refractivity contribution is 9.10. The maximum absolute atomic E-state index is 9.13. The van der Waals surface area contributed by atoms with Crippen molar-refractivity contribution in [3.63, 3.8) is 0 Å². The van der Waals surface area contributed by atoms with Gasteiger partial charge in [0.2, 0.25) is 0 Å². The first-order valence-electron chi connectivity index (χ1n) is 5.36. The second kappa shape index (κ2) is 5.61. The van der Waals surface area contributed by atoms with E-state index >= 15 is 0 Å². The molecule has 4 nitrogen and oxygen atoms in total. The molecule has 0 spiro atoms. The molecule has 1 heterocycles. The predicted molar refractivity (Wildman–Crippen MR) is 73.0 cm³/mol. The summed E-state index contributed by atoms with van der Waals surface area (Å²) in [5.41, 5.74) is 2.38. The molecule has 2 aromatic rings. The average Bonchev–Trinajstić information content (AvgIpc) is 2.39. The molecule has 2 rings (SSSR count). The molecule has 1 aromatic heterocycles. The number of hydrogen-bond acceptors (Lipinski definition) is 4. The molecule has 0 bridgehead atoms. The summed E-state index contributed by atoms with van der Waals surface area (Å²) in [6.07, 6.45) is 5.03. The highest BCUT2D eigenvalue weighted by Gasteiger charge is 2.08. The van der Waals surface area contributed by atoms with Crippen LogP contribution in [0.3, 0.4) is 0 Å². The van der Waals surface area contributed by atoms with E-state index in [4.69, 9.17) is 5.26 Å². The van der Waals surface area contributed by atoms with Crippen LogP contribution in [0, 0.1) is 11.3 Å². The lowest BCUT2D eigenvalue weighted by Gasteiger charge is -2.19. The molecule has 90 valence electrons. The third-order valence-corrected chi connectivity index (χ3v) is 3.00. The zero-order valence-electron chi connectivity index (χ0n) is 9.84. The Morgan fingerprint density at radius 2 is 2.22 bits per heavy atom. The van der Waals surface area contributed by atoms with Crippen LogP contribution in [0.4, 0.5) is 5.69 Å². The first kappa shape index (κ1) is 12.5. The first-order valence-corrected chi connectivity index (χ1v) is 6.15. The van der Waals surface area contributed by atoms with Crippen LogP contribution in [0.1, 0.15) is 11.3 Å². The van der Waals surface area contributed by atoms with Crippen LogP contribution < -0.4 is 4.90 Å². The molecular formula is C13H11BrN4. The third kappa shape index (κ3) is 2.84. The van der Waals surface area contributed by atoms with E-state index in [1.165, 1.54) is 0 Å². The van der Waals surface area contributed by atoms with Crippen molar-refractivity contribution >= 4 is 21.6 Å². The second-order valence-electron chi connectivity index (χ2n) is 3.83. The Morgan fingerprint density at radius 3 is 2.89 bits per heavy atom. The number of nitriles is 1. The van der Waals surface area contributed by atoms with Crippen LogP contribution in [0.5, 0.6) is 0 Å². The lowest BCUT2D eigenvalue weighted by Crippen LogP contribution is -2.18. The summed E-state index contributed by atoms with van der Waals surface area (Å²) in [5.74, 6) is 0. The molecule has 5 heteroatoms. The Bertz CT molecular complexity index is 577. The van der Waals surface area contributed by atoms with E-state index in [2.05, 4.69) is 32.0 Å². The fourth-order valence-corrected chi connectivity index (χ4v) is 2.03. The monoisotopic (exact) mass is 302 g/mol. The highest BCUT2D eigenvalue weighted by atomic mass is 79.9. The minimum Gasteiger partial charge on any atom is -0.368 e. The molecule has 0 radical (unpaired) electrons. The minimum atomic E-state index is 0.615. The summed E-state index contributed by atoms with van der Waals surface area (Å²) < 4.78 is 0.899. The van der Waals surface area contributed by atoms with Crippen LogP contribution in [0.2, 0.25) is 0 Å². The topological polar surface area (TPSA) is 52.8 Å². The van der Waals surface area contributed by atoms with Gasteiger partial charge in [-0.25, -0.2) is 0 Å². The van der Waals surface area contributed by atoms with Gasteiger partial charge in [0.15, 0.2) is 0 Å². The number of hydrogen-bond donors (Lipinski definition) is 0. The van der Waals surface area contributed by atoms with Crippen LogP contribution in [-0.2, 0) is 6.54 Å². The van der Waals surface area contributed by atoms with Gasteiger partial charge in [0.25, 0.3) is 0 Å². The molecule has 0 N–H and O–H groups in total. The summed E-state index contributed by atoms with van der Waals surface area (Å²) >= 11 is 3.36. The van der Waals surface area contributed by atoms with E-state index in [9.17, 15) is 0 Å². The minimum absolute atomic E-state index is 0.615. The maximum Gasteiger partial charge on any atom is 0.101 e. The number of halogens is 1. The number of aromatic nitrogens is 2. The van der Waals surface area contributed by atoms with E-state index in [-0.39, 0.29) is 0 Å². The zero-order valence-corrected chi connectivity index (χ0v) is 11.4. The Labute approximate surface area is 114 Å². The molecule has 0 atom stereocenters. The zero-order chi connectivity index (χ0) is 13.0. The fraction of sp³-hybridized carbons (Fsp3) is 0.154. The van der Waals surface area contributed by atoms with E-state index in [0.29, 0.717) is 12.1 Å². The van der Waals surface area contributed by atoms with Crippen molar-refractivity contribution in [2.45, 2.75) is 6.54 Å². The fourth-order valence-electron chi connectivity index (χ4n) is 1.67. The van der Waals surface area contributed by atoms with Crippen molar-refractivity contribution in [1.29, 1.82) is 5.26 Å². The van der Waals surface area contributed by atoms with Gasteiger partial charge in [0.05, 0.1) is 29.7 Å². The van der Waals surface area contributed by atoms with Gasteiger partial charge in [-0.15, -0.1) is 0 Å². The second-order valence-corrected chi connectivity index (χ2v) is 4.74. The van der Waals surface area contributed by atoms with E-state index in [1.54, 1.807) is 18.6 Å². The van der Waals surface area contributed by atoms with Crippen molar-refractivity contribution < 1.29 is 0 Å². The summed E-state index contributed by atoms with van der Waals surface area (Å²) in [5, 5.41) is 9.13. The Kier molecular flexibility index (Phi) is 3.90. The van der Waals surface area contributed by atoms with Crippen LogP contribution in [0.15, 0.2) is 41.3 Å². The molecule has 0 fully saturated rings. The quantitative estimate of drug-likeness (QED) is 0.875. The summed E-state index contributed by atoms with van der Waals surface area (Å²) in [4.78, 5) is 10.2. The number of benzene rings is 1. The van der Waals surface area contributed by atoms with Crippen molar-refractivity contribution in [1.82, 2.24) is 9.97 Å². The van der Waals surface area contributed by atoms with Gasteiger partial charge in [-0.2, -0.15) is 5.26 Å². The molecule has 0 aliphatic heterocycles. The average molecular weight is 303 g/mol. The molecule has 0 unspecified atom stereocenters. The van der Waals surface area contributed by atoms with Gasteiger partial charge in [-0.3, -0.25) is 9.97 Å². The Balaban J connectivity index is 2.24. The lowest BCUT2D eigenvalue weighted by molar-refractivity contribution is 0.871. The van der Waals surface area contributed by atoms with Crippen molar-refractivity contribution in [2.75, 3.05) is 11.9 Å². The van der Waals surface area contributed by atoms with Crippen LogP contribution in [0.25, 0.3) is 0 Å². The van der Waals surface area contributed by atoms with Gasteiger partial charge in [-0.05, 0) is 18.2 Å². The highest BCUT2D eigenvalue weighted by Crippen LogP contribution is 2.23. The largest absolute Gasteiger partial charge is 0.368 e. The van der Waals surface area contributed by atoms with Crippen LogP contribution in [-0.4, -0.2) is 17.0 Å². The van der Waals surface area contributed by atoms with Gasteiger partial charge < -0.3 is 4.90 Å². The number of rotatable bonds is 3. The lowest BCUT2D eigenvalue weighted by atomic mass is 10.2. The van der Waals surface area contributed by atoms with E-state index in [0.717, 1.165) is 15.9 Å². The molecular weight excluding hydrogens is 292 g/mol. The standard InChI is InChI=1S/C13H11BrN4/c1-18(9-12-8-16-4-5-17-12)13-3-2-11(14)6-10(13)7-15/h2-6,8H,9H2,1H3. The summed E-state index contributed by atoms with van der Waals surface area (Å²) in [6, 6.07) is 7.84. The third-order valence-electron chi connectivity index (χ3n) is 2.51. The Hall–Kier alpha value is -1.93. The smallest absolute Gasteiger partial charge is 0.101 e. The van der Waals surface area contributed by atoms with Crippen molar-refractivity contribution in [3.8, 4) is 6.07 Å². The predicted octanol–water partition coefficient (Wildman–Crippen LogP) is 2.75. The van der Waals surface area contributed by atoms with Crippen LogP contribution >= 0.6 is 15.9 Å². The van der Waals surface area contributed by atoms with E-state index < -0.39 is 0 Å². The molecule has 0 saturated heterocycles. The van der Waals surface area contributed by atoms with Crippen molar-refractivity contribution in [2.24, 2.45) is 0 Å². The first-order chi connectivity index (χ1) is 8.70. The summed E-state index contributed by atoms with van der Waals surface area (Å²) in [6.45, 7) is 0.615. The molecule has 18 heavy (non-hydrogen) atoms. The number of anilines is 1. The van der Waals surface area contributed by atoms with Gasteiger partial charge in [0, 0.05) is 23.9 Å². The van der Waals surface area contributed by atoms with Crippen molar-refractivity contribution in [3.05, 3.63) is 52.5 Å². The molecule has 1 aromatic carbocycles. The molecule has 0 amide bonds. The van der Waals surface area contributed by atoms with Gasteiger partial charge >= 0.3 is 0 Å². The molecule has 0 aliphatic rings. The SMILES string of the molecule is CN(Cc1cnccn1)c1ccc(Br)cc1C#N. The maximum atomic E-state index is 9.13. The molecule has 0 aliphatic carbocycles. The van der Waals surface area contributed by atoms with Gasteiger partial charge in [-0.1, -0.05) is 15.9 Å². The van der Waals surface area contributed by atoms with E-state index in [1.807, 2.05) is 30.1 Å². The normalized spacial score (nSPS) is 9.83. The summed E-state index contributed by atoms with van der Waals surface area (Å²) in [7, 11) is 1.93. The van der Waals surface area contributed by atoms with Gasteiger partial charge in [0.1, 0.15) is 6.07 Å². The molecule has 0 saturated carbocycles.